The van der Waals surface area contributed by atoms with Crippen LogP contribution in [-0.4, -0.2) is 50.5 Å². The molecule has 1 saturated carbocycles. The number of ether oxygens (including phenoxy) is 1. The highest BCUT2D eigenvalue weighted by molar-refractivity contribution is 5.79. The highest BCUT2D eigenvalue weighted by Gasteiger charge is 2.35. The minimum atomic E-state index is -0.408. The van der Waals surface area contributed by atoms with E-state index >= 15 is 0 Å². The summed E-state index contributed by atoms with van der Waals surface area (Å²) < 4.78 is 20.7. The Balaban J connectivity index is 1.50. The molecule has 3 heterocycles. The number of nitrogens with zero attached hydrogens (tertiary/aromatic N) is 5. The van der Waals surface area contributed by atoms with Crippen LogP contribution in [0.3, 0.4) is 0 Å². The molecule has 7 nitrogen and oxygen atoms in total. The normalized spacial score (nSPS) is 19.5. The second-order valence-corrected chi connectivity index (χ2v) is 7.02. The van der Waals surface area contributed by atoms with Gasteiger partial charge in [-0.05, 0) is 30.9 Å². The van der Waals surface area contributed by atoms with Crippen molar-refractivity contribution in [1.82, 2.24) is 24.9 Å². The van der Waals surface area contributed by atoms with E-state index in [2.05, 4.69) is 15.3 Å². The van der Waals surface area contributed by atoms with Crippen LogP contribution in [0.4, 0.5) is 4.39 Å². The van der Waals surface area contributed by atoms with Gasteiger partial charge in [-0.1, -0.05) is 5.21 Å². The molecular formula is C18H22FN5O2. The van der Waals surface area contributed by atoms with Crippen molar-refractivity contribution in [3.8, 4) is 0 Å². The van der Waals surface area contributed by atoms with Crippen LogP contribution in [0.25, 0.3) is 0 Å². The first-order chi connectivity index (χ1) is 12.6. The molecule has 1 aliphatic carbocycles. The van der Waals surface area contributed by atoms with E-state index in [4.69, 9.17) is 4.74 Å². The number of aromatic nitrogens is 4. The summed E-state index contributed by atoms with van der Waals surface area (Å²) in [4.78, 5) is 18.7. The SMILES string of the molecule is Cn1nnc2c1CCN(C(=O)Cc1ccc(F)cn1)C2COCC1CC1. The molecule has 0 aromatic carbocycles. The molecule has 26 heavy (non-hydrogen) atoms. The zero-order chi connectivity index (χ0) is 18.1. The maximum Gasteiger partial charge on any atom is 0.229 e. The zero-order valence-corrected chi connectivity index (χ0v) is 14.8. The molecule has 0 radical (unpaired) electrons. The third kappa shape index (κ3) is 3.60. The van der Waals surface area contributed by atoms with Crippen LogP contribution in [0.2, 0.25) is 0 Å². The molecule has 4 rings (SSSR count). The van der Waals surface area contributed by atoms with Crippen molar-refractivity contribution < 1.29 is 13.9 Å². The first-order valence-corrected chi connectivity index (χ1v) is 8.98. The number of hydrogen-bond acceptors (Lipinski definition) is 5. The molecule has 1 unspecified atom stereocenters. The van der Waals surface area contributed by atoms with Gasteiger partial charge in [-0.15, -0.1) is 5.10 Å². The van der Waals surface area contributed by atoms with E-state index in [9.17, 15) is 9.18 Å². The fourth-order valence-corrected chi connectivity index (χ4v) is 3.34. The number of fused-ring (bicyclic) bond motifs is 1. The lowest BCUT2D eigenvalue weighted by molar-refractivity contribution is -0.135. The zero-order valence-electron chi connectivity index (χ0n) is 14.8. The largest absolute Gasteiger partial charge is 0.379 e. The smallest absolute Gasteiger partial charge is 0.229 e. The van der Waals surface area contributed by atoms with Crippen molar-refractivity contribution in [2.24, 2.45) is 13.0 Å². The summed E-state index contributed by atoms with van der Waals surface area (Å²) in [7, 11) is 1.87. The standard InChI is InChI=1S/C18H22FN5O2/c1-23-15-6-7-24(17(25)8-14-5-4-13(19)9-20-14)16(18(15)21-22-23)11-26-10-12-2-3-12/h4-5,9,12,16H,2-3,6-8,10-11H2,1H3. The molecule has 2 aromatic rings. The monoisotopic (exact) mass is 359 g/mol. The maximum absolute atomic E-state index is 13.0. The Labute approximate surface area is 151 Å². The van der Waals surface area contributed by atoms with Gasteiger partial charge in [0.25, 0.3) is 0 Å². The Morgan fingerprint density at radius 2 is 2.19 bits per heavy atom. The van der Waals surface area contributed by atoms with E-state index in [1.807, 2.05) is 7.05 Å². The van der Waals surface area contributed by atoms with Gasteiger partial charge in [0.1, 0.15) is 17.6 Å². The Bertz CT molecular complexity index is 787. The van der Waals surface area contributed by atoms with Crippen molar-refractivity contribution >= 4 is 5.91 Å². The average molecular weight is 359 g/mol. The summed E-state index contributed by atoms with van der Waals surface area (Å²) in [6.07, 6.45) is 4.42. The van der Waals surface area contributed by atoms with Gasteiger partial charge in [-0.25, -0.2) is 4.39 Å². The molecular weight excluding hydrogens is 337 g/mol. The highest BCUT2D eigenvalue weighted by Crippen LogP contribution is 2.31. The molecule has 0 saturated heterocycles. The predicted molar refractivity (Wildman–Crippen MR) is 90.6 cm³/mol. The molecule has 2 aromatic heterocycles. The number of carbonyl (C=O) groups is 1. The Hall–Kier alpha value is -2.35. The number of rotatable bonds is 6. The van der Waals surface area contributed by atoms with E-state index < -0.39 is 5.82 Å². The molecule has 2 aliphatic rings. The quantitative estimate of drug-likeness (QED) is 0.780. The van der Waals surface area contributed by atoms with Crippen molar-refractivity contribution in [2.75, 3.05) is 19.8 Å². The molecule has 8 heteroatoms. The molecule has 1 fully saturated rings. The second-order valence-electron chi connectivity index (χ2n) is 7.02. The number of halogens is 1. The van der Waals surface area contributed by atoms with Crippen LogP contribution in [0, 0.1) is 11.7 Å². The number of carbonyl (C=O) groups excluding carboxylic acids is 1. The first-order valence-electron chi connectivity index (χ1n) is 8.98. The van der Waals surface area contributed by atoms with E-state index in [1.165, 1.54) is 18.9 Å². The minimum Gasteiger partial charge on any atom is -0.379 e. The van der Waals surface area contributed by atoms with E-state index in [0.717, 1.165) is 24.2 Å². The van der Waals surface area contributed by atoms with Crippen molar-refractivity contribution in [1.29, 1.82) is 0 Å². The lowest BCUT2D eigenvalue weighted by atomic mass is 10.0. The maximum atomic E-state index is 13.0. The molecule has 0 spiro atoms. The van der Waals surface area contributed by atoms with Crippen LogP contribution in [0.15, 0.2) is 18.3 Å². The summed E-state index contributed by atoms with van der Waals surface area (Å²) in [5.41, 5.74) is 2.42. The van der Waals surface area contributed by atoms with Gasteiger partial charge in [0.2, 0.25) is 5.91 Å². The van der Waals surface area contributed by atoms with Crippen LogP contribution in [0.5, 0.6) is 0 Å². The molecule has 1 aliphatic heterocycles. The fourth-order valence-electron chi connectivity index (χ4n) is 3.34. The van der Waals surface area contributed by atoms with Crippen LogP contribution in [-0.2, 0) is 29.4 Å². The molecule has 1 amide bonds. The third-order valence-corrected chi connectivity index (χ3v) is 5.02. The van der Waals surface area contributed by atoms with E-state index in [-0.39, 0.29) is 18.4 Å². The van der Waals surface area contributed by atoms with Gasteiger partial charge in [-0.2, -0.15) is 0 Å². The summed E-state index contributed by atoms with van der Waals surface area (Å²) in [6.45, 7) is 1.74. The van der Waals surface area contributed by atoms with Gasteiger partial charge in [-0.3, -0.25) is 14.5 Å². The van der Waals surface area contributed by atoms with E-state index in [1.54, 1.807) is 15.6 Å². The number of hydrogen-bond donors (Lipinski definition) is 0. The molecule has 0 bridgehead atoms. The second kappa shape index (κ2) is 7.11. The first kappa shape index (κ1) is 17.1. The average Bonchev–Trinajstić information content (AvgIpc) is 3.38. The summed E-state index contributed by atoms with van der Waals surface area (Å²) in [6, 6.07) is 2.63. The van der Waals surface area contributed by atoms with Gasteiger partial charge in [0.15, 0.2) is 0 Å². The molecule has 1 atom stereocenters. The van der Waals surface area contributed by atoms with Crippen molar-refractivity contribution in [2.45, 2.75) is 31.7 Å². The lowest BCUT2D eigenvalue weighted by Crippen LogP contribution is -2.43. The van der Waals surface area contributed by atoms with E-state index in [0.29, 0.717) is 31.2 Å². The third-order valence-electron chi connectivity index (χ3n) is 5.02. The van der Waals surface area contributed by atoms with Crippen LogP contribution < -0.4 is 0 Å². The fraction of sp³-hybridized carbons (Fsp3) is 0.556. The minimum absolute atomic E-state index is 0.0552. The summed E-state index contributed by atoms with van der Waals surface area (Å²) >= 11 is 0. The number of pyridine rings is 1. The van der Waals surface area contributed by atoms with Crippen molar-refractivity contribution in [3.63, 3.8) is 0 Å². The molecule has 138 valence electrons. The lowest BCUT2D eigenvalue weighted by Gasteiger charge is -2.34. The van der Waals surface area contributed by atoms with Gasteiger partial charge < -0.3 is 9.64 Å². The summed E-state index contributed by atoms with van der Waals surface area (Å²) in [5.74, 6) is 0.197. The Morgan fingerprint density at radius 1 is 1.35 bits per heavy atom. The Kier molecular flexibility index (Phi) is 4.67. The predicted octanol–water partition coefficient (Wildman–Crippen LogP) is 1.44. The summed E-state index contributed by atoms with van der Waals surface area (Å²) in [5, 5.41) is 8.39. The van der Waals surface area contributed by atoms with Gasteiger partial charge in [0.05, 0.1) is 24.9 Å². The highest BCUT2D eigenvalue weighted by atomic mass is 19.1. The van der Waals surface area contributed by atoms with Crippen molar-refractivity contribution in [3.05, 3.63) is 41.2 Å². The van der Waals surface area contributed by atoms with Crippen LogP contribution >= 0.6 is 0 Å². The van der Waals surface area contributed by atoms with Crippen LogP contribution in [0.1, 0.15) is 36.0 Å². The Morgan fingerprint density at radius 3 is 2.92 bits per heavy atom. The topological polar surface area (TPSA) is 73.1 Å². The molecule has 0 N–H and O–H groups in total. The number of aryl methyl sites for hydroxylation is 1. The van der Waals surface area contributed by atoms with Gasteiger partial charge >= 0.3 is 0 Å². The number of amides is 1. The van der Waals surface area contributed by atoms with Gasteiger partial charge in [0, 0.05) is 32.3 Å².